The number of hydrogen-bond donors (Lipinski definition) is 2. The van der Waals surface area contributed by atoms with Crippen molar-refractivity contribution >= 4 is 22.6 Å². The number of hydrogen-bond acceptors (Lipinski definition) is 5. The highest BCUT2D eigenvalue weighted by Gasteiger charge is 2.32. The van der Waals surface area contributed by atoms with E-state index in [9.17, 15) is 13.6 Å². The van der Waals surface area contributed by atoms with Gasteiger partial charge in [-0.05, 0) is 55.2 Å². The minimum absolute atomic E-state index is 0.155. The third kappa shape index (κ3) is 4.08. The molecule has 0 bridgehead atoms. The van der Waals surface area contributed by atoms with Gasteiger partial charge < -0.3 is 11.1 Å². The average Bonchev–Trinajstić information content (AvgIpc) is 3.30. The van der Waals surface area contributed by atoms with E-state index < -0.39 is 17.6 Å². The van der Waals surface area contributed by atoms with Crippen molar-refractivity contribution in [2.75, 3.05) is 5.32 Å². The number of rotatable bonds is 5. The normalized spacial score (nSPS) is 22.7. The van der Waals surface area contributed by atoms with Crippen LogP contribution in [0.3, 0.4) is 0 Å². The van der Waals surface area contributed by atoms with Crippen molar-refractivity contribution in [3.8, 4) is 11.4 Å². The van der Waals surface area contributed by atoms with Gasteiger partial charge in [0.05, 0.1) is 11.4 Å². The van der Waals surface area contributed by atoms with Crippen LogP contribution < -0.4 is 11.1 Å². The van der Waals surface area contributed by atoms with Crippen molar-refractivity contribution in [1.82, 2.24) is 15.0 Å². The van der Waals surface area contributed by atoms with Crippen LogP contribution >= 0.6 is 0 Å². The standard InChI is InChI=1S/C25H23F2N5O/c26-19-7-1-5-16(22(19)27)14-9-10-21-18(12-14)25(31-20-8-2-6-17(20)23(28)33)32-24(30-21)15-4-3-11-29-13-15/h1,3-4,7,9-13,16-17,20H,2,5-6,8H2,(H2,28,33)(H,30,31,32). The molecule has 0 spiro atoms. The molecular formula is C25H23F2N5O. The summed E-state index contributed by atoms with van der Waals surface area (Å²) in [6.07, 6.45) is 8.91. The maximum absolute atomic E-state index is 14.5. The predicted molar refractivity (Wildman–Crippen MR) is 122 cm³/mol. The molecule has 1 fully saturated rings. The number of halogens is 2. The Morgan fingerprint density at radius 3 is 2.82 bits per heavy atom. The molecule has 1 saturated carbocycles. The average molecular weight is 447 g/mol. The van der Waals surface area contributed by atoms with Gasteiger partial charge in [0.25, 0.3) is 0 Å². The SMILES string of the molecule is NC(=O)C1CCCC1Nc1nc(-c2cccnc2)nc2ccc(C3CC=CC(F)=C3F)cc12. The largest absolute Gasteiger partial charge is 0.369 e. The van der Waals surface area contributed by atoms with Gasteiger partial charge in [-0.3, -0.25) is 9.78 Å². The molecule has 3 unspecified atom stereocenters. The van der Waals surface area contributed by atoms with Gasteiger partial charge in [0.15, 0.2) is 11.7 Å². The lowest BCUT2D eigenvalue weighted by Crippen LogP contribution is -2.34. The summed E-state index contributed by atoms with van der Waals surface area (Å²) < 4.78 is 28.4. The first-order valence-corrected chi connectivity index (χ1v) is 11.0. The Labute approximate surface area is 189 Å². The summed E-state index contributed by atoms with van der Waals surface area (Å²) in [6, 6.07) is 8.88. The Morgan fingerprint density at radius 1 is 1.15 bits per heavy atom. The maximum atomic E-state index is 14.5. The zero-order valence-electron chi connectivity index (χ0n) is 17.8. The number of nitrogens with one attached hydrogen (secondary N) is 1. The van der Waals surface area contributed by atoms with Crippen LogP contribution in [0.4, 0.5) is 14.6 Å². The fraction of sp³-hybridized carbons (Fsp3) is 0.280. The number of nitrogens with zero attached hydrogens (tertiary/aromatic N) is 3. The van der Waals surface area contributed by atoms with E-state index in [0.717, 1.165) is 30.9 Å². The number of carbonyl (C=O) groups is 1. The van der Waals surface area contributed by atoms with Crippen molar-refractivity contribution < 1.29 is 13.6 Å². The molecule has 8 heteroatoms. The van der Waals surface area contributed by atoms with Crippen LogP contribution in [0.5, 0.6) is 0 Å². The van der Waals surface area contributed by atoms with Crippen LogP contribution in [0.15, 0.2) is 66.5 Å². The number of carbonyl (C=O) groups excluding carboxylic acids is 1. The van der Waals surface area contributed by atoms with Gasteiger partial charge >= 0.3 is 0 Å². The molecule has 1 aromatic carbocycles. The summed E-state index contributed by atoms with van der Waals surface area (Å²) in [4.78, 5) is 25.5. The topological polar surface area (TPSA) is 93.8 Å². The molecule has 2 aromatic heterocycles. The molecule has 2 aliphatic carbocycles. The number of anilines is 1. The molecule has 0 radical (unpaired) electrons. The Bertz CT molecular complexity index is 1270. The summed E-state index contributed by atoms with van der Waals surface area (Å²) in [5, 5.41) is 4.09. The zero-order valence-corrected chi connectivity index (χ0v) is 17.8. The van der Waals surface area contributed by atoms with E-state index in [0.29, 0.717) is 34.5 Å². The summed E-state index contributed by atoms with van der Waals surface area (Å²) in [5.41, 5.74) is 7.65. The second kappa shape index (κ2) is 8.69. The van der Waals surface area contributed by atoms with Crippen LogP contribution in [-0.4, -0.2) is 26.9 Å². The lowest BCUT2D eigenvalue weighted by molar-refractivity contribution is -0.121. The van der Waals surface area contributed by atoms with Gasteiger partial charge in [0.2, 0.25) is 5.91 Å². The fourth-order valence-electron chi connectivity index (χ4n) is 4.69. The minimum atomic E-state index is -0.844. The minimum Gasteiger partial charge on any atom is -0.369 e. The van der Waals surface area contributed by atoms with Gasteiger partial charge in [0, 0.05) is 35.3 Å². The molecule has 0 aliphatic heterocycles. The van der Waals surface area contributed by atoms with Gasteiger partial charge in [-0.1, -0.05) is 18.6 Å². The molecular weight excluding hydrogens is 424 g/mol. The number of amides is 1. The van der Waals surface area contributed by atoms with Crippen molar-refractivity contribution in [2.24, 2.45) is 11.7 Å². The second-order valence-electron chi connectivity index (χ2n) is 8.49. The Balaban J connectivity index is 1.62. The molecule has 2 heterocycles. The highest BCUT2D eigenvalue weighted by atomic mass is 19.2. The molecule has 1 amide bonds. The molecule has 3 N–H and O–H groups in total. The predicted octanol–water partition coefficient (Wildman–Crippen LogP) is 4.95. The van der Waals surface area contributed by atoms with Gasteiger partial charge in [0.1, 0.15) is 11.6 Å². The first kappa shape index (κ1) is 21.2. The summed E-state index contributed by atoms with van der Waals surface area (Å²) in [5.74, 6) is -1.93. The van der Waals surface area contributed by atoms with Crippen LogP contribution in [0.25, 0.3) is 22.3 Å². The number of primary amides is 1. The van der Waals surface area contributed by atoms with Gasteiger partial charge in [-0.25, -0.2) is 18.7 Å². The molecule has 0 saturated heterocycles. The number of allylic oxidation sites excluding steroid dienone is 4. The Hall–Kier alpha value is -3.68. The first-order chi connectivity index (χ1) is 16.0. The molecule has 5 rings (SSSR count). The van der Waals surface area contributed by atoms with E-state index in [1.54, 1.807) is 42.7 Å². The van der Waals surface area contributed by atoms with E-state index >= 15 is 0 Å². The lowest BCUT2D eigenvalue weighted by Gasteiger charge is -2.22. The molecule has 3 aromatic rings. The zero-order chi connectivity index (χ0) is 22.9. The molecule has 3 atom stereocenters. The monoisotopic (exact) mass is 447 g/mol. The second-order valence-corrected chi connectivity index (χ2v) is 8.49. The van der Waals surface area contributed by atoms with Crippen molar-refractivity contribution in [2.45, 2.75) is 37.6 Å². The number of benzene rings is 1. The van der Waals surface area contributed by atoms with E-state index in [2.05, 4.69) is 15.3 Å². The molecule has 168 valence electrons. The summed E-state index contributed by atoms with van der Waals surface area (Å²) >= 11 is 0. The quantitative estimate of drug-likeness (QED) is 0.577. The third-order valence-electron chi connectivity index (χ3n) is 6.42. The highest BCUT2D eigenvalue weighted by Crippen LogP contribution is 2.38. The van der Waals surface area contributed by atoms with E-state index in [1.807, 2.05) is 6.07 Å². The number of fused-ring (bicyclic) bond motifs is 1. The third-order valence-corrected chi connectivity index (χ3v) is 6.42. The van der Waals surface area contributed by atoms with Gasteiger partial charge in [-0.15, -0.1) is 0 Å². The van der Waals surface area contributed by atoms with Gasteiger partial charge in [-0.2, -0.15) is 0 Å². The van der Waals surface area contributed by atoms with E-state index in [1.165, 1.54) is 0 Å². The van der Waals surface area contributed by atoms with E-state index in [4.69, 9.17) is 10.7 Å². The van der Waals surface area contributed by atoms with Crippen molar-refractivity contribution in [1.29, 1.82) is 0 Å². The smallest absolute Gasteiger partial charge is 0.222 e. The summed E-state index contributed by atoms with van der Waals surface area (Å²) in [6.45, 7) is 0. The van der Waals surface area contributed by atoms with Crippen LogP contribution in [0.1, 0.15) is 37.2 Å². The van der Waals surface area contributed by atoms with Crippen LogP contribution in [0.2, 0.25) is 0 Å². The van der Waals surface area contributed by atoms with Crippen molar-refractivity contribution in [3.63, 3.8) is 0 Å². The highest BCUT2D eigenvalue weighted by molar-refractivity contribution is 5.92. The molecule has 33 heavy (non-hydrogen) atoms. The van der Waals surface area contributed by atoms with Crippen LogP contribution in [0, 0.1) is 5.92 Å². The maximum Gasteiger partial charge on any atom is 0.222 e. The van der Waals surface area contributed by atoms with Crippen LogP contribution in [-0.2, 0) is 4.79 Å². The molecule has 6 nitrogen and oxygen atoms in total. The first-order valence-electron chi connectivity index (χ1n) is 11.0. The van der Waals surface area contributed by atoms with Crippen molar-refractivity contribution in [3.05, 3.63) is 72.1 Å². The number of pyridine rings is 1. The Kier molecular flexibility index (Phi) is 5.58. The van der Waals surface area contributed by atoms with E-state index in [-0.39, 0.29) is 17.9 Å². The number of aromatic nitrogens is 3. The Morgan fingerprint density at radius 2 is 2.03 bits per heavy atom. The number of nitrogens with two attached hydrogens (primary N) is 1. The fourth-order valence-corrected chi connectivity index (χ4v) is 4.69. The summed E-state index contributed by atoms with van der Waals surface area (Å²) in [7, 11) is 0. The molecule has 2 aliphatic rings. The lowest BCUT2D eigenvalue weighted by atomic mass is 9.90.